The fourth-order valence-corrected chi connectivity index (χ4v) is 7.54. The molecule has 0 bridgehead atoms. The van der Waals surface area contributed by atoms with Crippen LogP contribution in [0, 0.1) is 23.7 Å². The fraction of sp³-hybridized carbons (Fsp3) is 0.900. The number of unbranched alkanes of at least 4 members (excludes halogenated alkanes) is 18. The monoisotopic (exact) mass is 571 g/mol. The lowest BCUT2D eigenvalue weighted by atomic mass is 9.79. The van der Waals surface area contributed by atoms with Crippen LogP contribution in [0.2, 0.25) is 0 Å². The van der Waals surface area contributed by atoms with E-state index in [0.29, 0.717) is 0 Å². The maximum Gasteiger partial charge on any atom is 0.0864 e. The van der Waals surface area contributed by atoms with Crippen molar-refractivity contribution in [2.24, 2.45) is 23.7 Å². The van der Waals surface area contributed by atoms with Crippen molar-refractivity contribution >= 4 is 0 Å². The molecule has 0 amide bonds. The lowest BCUT2D eigenvalue weighted by Gasteiger charge is -2.27. The van der Waals surface area contributed by atoms with E-state index in [1.54, 1.807) is 0 Å². The highest BCUT2D eigenvalue weighted by Crippen LogP contribution is 2.34. The van der Waals surface area contributed by atoms with Crippen molar-refractivity contribution in [3.05, 3.63) is 24.7 Å². The molecule has 1 heteroatoms. The zero-order valence-corrected chi connectivity index (χ0v) is 28.2. The first-order valence-electron chi connectivity index (χ1n) is 19.3. The van der Waals surface area contributed by atoms with E-state index in [1.807, 2.05) is 12.5 Å². The van der Waals surface area contributed by atoms with Crippen molar-refractivity contribution in [1.29, 1.82) is 0 Å². The molecule has 0 aromatic carbocycles. The molecule has 2 fully saturated rings. The molecule has 0 spiro atoms. The molecule has 0 heterocycles. The van der Waals surface area contributed by atoms with E-state index >= 15 is 0 Å². The van der Waals surface area contributed by atoms with Gasteiger partial charge in [0.15, 0.2) is 0 Å². The van der Waals surface area contributed by atoms with Crippen molar-refractivity contribution in [3.63, 3.8) is 0 Å². The zero-order chi connectivity index (χ0) is 29.1. The summed E-state index contributed by atoms with van der Waals surface area (Å²) in [6, 6.07) is 0. The van der Waals surface area contributed by atoms with Crippen molar-refractivity contribution < 1.29 is 4.74 Å². The molecular formula is C40H74O. The summed E-state index contributed by atoms with van der Waals surface area (Å²) in [5, 5.41) is 0. The minimum Gasteiger partial charge on any atom is -0.473 e. The van der Waals surface area contributed by atoms with Gasteiger partial charge in [0.1, 0.15) is 0 Å². The topological polar surface area (TPSA) is 9.23 Å². The lowest BCUT2D eigenvalue weighted by molar-refractivity contribution is 0.280. The predicted molar refractivity (Wildman–Crippen MR) is 183 cm³/mol. The van der Waals surface area contributed by atoms with E-state index in [0.717, 1.165) is 23.7 Å². The van der Waals surface area contributed by atoms with Crippen molar-refractivity contribution in [2.45, 2.75) is 206 Å². The molecule has 0 atom stereocenters. The second-order valence-corrected chi connectivity index (χ2v) is 14.3. The number of allylic oxidation sites excluding steroid dienone is 2. The molecule has 0 unspecified atom stereocenters. The molecular weight excluding hydrogens is 496 g/mol. The van der Waals surface area contributed by atoms with E-state index in [-0.39, 0.29) is 0 Å². The van der Waals surface area contributed by atoms with E-state index in [2.05, 4.69) is 26.0 Å². The van der Waals surface area contributed by atoms with Crippen LogP contribution in [0.1, 0.15) is 206 Å². The Morgan fingerprint density at radius 1 is 0.390 bits per heavy atom. The van der Waals surface area contributed by atoms with Crippen LogP contribution in [0.4, 0.5) is 0 Å². The van der Waals surface area contributed by atoms with Gasteiger partial charge in [-0.25, -0.2) is 0 Å². The average Bonchev–Trinajstić information content (AvgIpc) is 3.00. The van der Waals surface area contributed by atoms with E-state index in [4.69, 9.17) is 4.74 Å². The lowest BCUT2D eigenvalue weighted by Crippen LogP contribution is -2.13. The highest BCUT2D eigenvalue weighted by Gasteiger charge is 2.20. The maximum atomic E-state index is 5.81. The summed E-state index contributed by atoms with van der Waals surface area (Å²) in [6.45, 7) is 4.61. The molecule has 0 N–H and O–H groups in total. The van der Waals surface area contributed by atoms with Crippen LogP contribution >= 0.6 is 0 Å². The quantitative estimate of drug-likeness (QED) is 0.0742. The summed E-state index contributed by atoms with van der Waals surface area (Å²) in [6.07, 6.45) is 51.9. The molecule has 41 heavy (non-hydrogen) atoms. The molecule has 1 nitrogen and oxygen atoms in total. The van der Waals surface area contributed by atoms with Gasteiger partial charge in [-0.2, -0.15) is 0 Å². The van der Waals surface area contributed by atoms with Crippen molar-refractivity contribution in [2.75, 3.05) is 0 Å². The van der Waals surface area contributed by atoms with Gasteiger partial charge in [0, 0.05) is 0 Å². The van der Waals surface area contributed by atoms with Gasteiger partial charge in [-0.3, -0.25) is 0 Å². The van der Waals surface area contributed by atoms with Crippen LogP contribution in [0.5, 0.6) is 0 Å². The van der Waals surface area contributed by atoms with Gasteiger partial charge in [0.2, 0.25) is 0 Å². The molecule has 0 aliphatic heterocycles. The summed E-state index contributed by atoms with van der Waals surface area (Å²) in [5.74, 6) is 3.48. The Morgan fingerprint density at radius 2 is 0.683 bits per heavy atom. The van der Waals surface area contributed by atoms with Gasteiger partial charge < -0.3 is 4.74 Å². The van der Waals surface area contributed by atoms with E-state index < -0.39 is 0 Å². The van der Waals surface area contributed by atoms with Gasteiger partial charge in [-0.1, -0.05) is 155 Å². The Morgan fingerprint density at radius 3 is 1.00 bits per heavy atom. The third kappa shape index (κ3) is 20.8. The largest absolute Gasteiger partial charge is 0.473 e. The predicted octanol–water partition coefficient (Wildman–Crippen LogP) is 14.3. The second-order valence-electron chi connectivity index (χ2n) is 14.3. The minimum absolute atomic E-state index is 0.744. The SMILES string of the molecule is CCCCCCCCCCCCC1CCC(C=COC=CC2CCC(CCCCCCCCCCCC)CC2)CC1. The molecule has 2 saturated carbocycles. The number of hydrogen-bond acceptors (Lipinski definition) is 1. The van der Waals surface area contributed by atoms with Crippen LogP contribution in [-0.2, 0) is 4.74 Å². The van der Waals surface area contributed by atoms with Gasteiger partial charge in [0.05, 0.1) is 12.5 Å². The minimum atomic E-state index is 0.744. The average molecular weight is 571 g/mol. The summed E-state index contributed by atoms with van der Waals surface area (Å²) >= 11 is 0. The van der Waals surface area contributed by atoms with Crippen LogP contribution in [0.15, 0.2) is 24.7 Å². The Balaban J connectivity index is 1.37. The third-order valence-corrected chi connectivity index (χ3v) is 10.6. The Bertz CT molecular complexity index is 538. The Kier molecular flexibility index (Phi) is 23.9. The smallest absolute Gasteiger partial charge is 0.0864 e. The summed E-state index contributed by atoms with van der Waals surface area (Å²) in [7, 11) is 0. The molecule has 2 aliphatic carbocycles. The maximum absolute atomic E-state index is 5.81. The zero-order valence-electron chi connectivity index (χ0n) is 28.2. The molecule has 0 aromatic rings. The second kappa shape index (κ2) is 26.9. The first kappa shape index (κ1) is 36.5. The highest BCUT2D eigenvalue weighted by molar-refractivity contribution is 4.91. The summed E-state index contributed by atoms with van der Waals surface area (Å²) < 4.78 is 5.81. The Labute approximate surface area is 259 Å². The van der Waals surface area contributed by atoms with Crippen molar-refractivity contribution in [3.8, 4) is 0 Å². The third-order valence-electron chi connectivity index (χ3n) is 10.6. The van der Waals surface area contributed by atoms with Gasteiger partial charge in [-0.15, -0.1) is 0 Å². The van der Waals surface area contributed by atoms with E-state index in [1.165, 1.54) is 193 Å². The van der Waals surface area contributed by atoms with Crippen LogP contribution in [-0.4, -0.2) is 0 Å². The number of ether oxygens (including phenoxy) is 1. The molecule has 2 aliphatic rings. The normalized spacial score (nSPS) is 23.6. The fourth-order valence-electron chi connectivity index (χ4n) is 7.54. The number of hydrogen-bond donors (Lipinski definition) is 0. The molecule has 0 aromatic heterocycles. The van der Waals surface area contributed by atoms with Crippen LogP contribution in [0.25, 0.3) is 0 Å². The molecule has 0 saturated heterocycles. The first-order valence-corrected chi connectivity index (χ1v) is 19.3. The van der Waals surface area contributed by atoms with Crippen LogP contribution < -0.4 is 0 Å². The molecule has 240 valence electrons. The standard InChI is InChI=1S/C40H74O/c1-3-5-7-9-11-13-15-17-19-21-23-37-25-29-39(30-26-37)33-35-41-36-34-40-31-27-38(28-32-40)24-22-20-18-16-14-12-10-8-6-4-2/h33-40H,3-32H2,1-2H3. The Hall–Kier alpha value is -0.720. The van der Waals surface area contributed by atoms with Gasteiger partial charge >= 0.3 is 0 Å². The molecule has 2 rings (SSSR count). The first-order chi connectivity index (χ1) is 20.3. The molecule has 0 radical (unpaired) electrons. The number of rotatable bonds is 26. The van der Waals surface area contributed by atoms with Gasteiger partial charge in [0.25, 0.3) is 0 Å². The van der Waals surface area contributed by atoms with Crippen LogP contribution in [0.3, 0.4) is 0 Å². The highest BCUT2D eigenvalue weighted by atomic mass is 16.5. The van der Waals surface area contributed by atoms with Crippen molar-refractivity contribution in [1.82, 2.24) is 0 Å². The van der Waals surface area contributed by atoms with Gasteiger partial charge in [-0.05, 0) is 87.2 Å². The van der Waals surface area contributed by atoms with E-state index in [9.17, 15) is 0 Å². The summed E-state index contributed by atoms with van der Waals surface area (Å²) in [4.78, 5) is 0. The summed E-state index contributed by atoms with van der Waals surface area (Å²) in [5.41, 5.74) is 0.